The largest absolute Gasteiger partial charge is 0.494 e. The van der Waals surface area contributed by atoms with Gasteiger partial charge in [0.2, 0.25) is 0 Å². The number of ether oxygens (including phenoxy) is 1. The van der Waals surface area contributed by atoms with Gasteiger partial charge in [-0.2, -0.15) is 0 Å². The molecule has 0 fully saturated rings. The lowest BCUT2D eigenvalue weighted by Gasteiger charge is -2.21. The second-order valence-corrected chi connectivity index (χ2v) is 6.93. The van der Waals surface area contributed by atoms with Gasteiger partial charge in [-0.3, -0.25) is 0 Å². The quantitative estimate of drug-likeness (QED) is 0.797. The molecule has 2 aromatic rings. The molecular weight excluding hydrogens is 288 g/mol. The van der Waals surface area contributed by atoms with E-state index >= 15 is 0 Å². The van der Waals surface area contributed by atoms with Crippen molar-refractivity contribution in [2.24, 2.45) is 5.73 Å². The van der Waals surface area contributed by atoms with Crippen molar-refractivity contribution in [1.29, 1.82) is 0 Å². The van der Waals surface area contributed by atoms with E-state index in [1.165, 1.54) is 5.56 Å². The minimum Gasteiger partial charge on any atom is -0.494 e. The zero-order valence-electron chi connectivity index (χ0n) is 14.7. The molecule has 0 spiro atoms. The van der Waals surface area contributed by atoms with Gasteiger partial charge in [-0.25, -0.2) is 4.68 Å². The van der Waals surface area contributed by atoms with E-state index in [0.717, 1.165) is 36.5 Å². The van der Waals surface area contributed by atoms with Crippen molar-refractivity contribution in [3.63, 3.8) is 0 Å². The summed E-state index contributed by atoms with van der Waals surface area (Å²) in [6, 6.07) is 8.14. The Labute approximate surface area is 138 Å². The minimum atomic E-state index is -0.00370. The maximum absolute atomic E-state index is 5.78. The van der Waals surface area contributed by atoms with Crippen molar-refractivity contribution in [1.82, 2.24) is 15.0 Å². The molecular formula is C18H28N4O. The Morgan fingerprint density at radius 3 is 2.65 bits per heavy atom. The molecule has 2 rings (SSSR count). The average molecular weight is 316 g/mol. The molecule has 0 aliphatic carbocycles. The second-order valence-electron chi connectivity index (χ2n) is 6.93. The fourth-order valence-electron chi connectivity index (χ4n) is 2.72. The molecule has 0 radical (unpaired) electrons. The molecule has 23 heavy (non-hydrogen) atoms. The van der Waals surface area contributed by atoms with Crippen LogP contribution in [0.2, 0.25) is 0 Å². The highest BCUT2D eigenvalue weighted by molar-refractivity contribution is 5.27. The number of rotatable bonds is 7. The third-order valence-electron chi connectivity index (χ3n) is 3.73. The molecule has 0 amide bonds. The first-order valence-corrected chi connectivity index (χ1v) is 8.24. The molecule has 0 aliphatic heterocycles. The van der Waals surface area contributed by atoms with Crippen LogP contribution in [0.3, 0.4) is 0 Å². The molecule has 5 heteroatoms. The van der Waals surface area contributed by atoms with E-state index in [0.29, 0.717) is 13.2 Å². The number of nitrogens with zero attached hydrogens (tertiary/aromatic N) is 3. The standard InChI is InChI=1S/C18H28N4O/c1-14-8-7-9-15(12-14)23-11-6-5-10-22-17(18(2,3)4)16(13-19)20-21-22/h7-9,12H,5-6,10-11,13,19H2,1-4H3. The molecule has 1 heterocycles. The van der Waals surface area contributed by atoms with Crippen molar-refractivity contribution in [2.75, 3.05) is 6.61 Å². The highest BCUT2D eigenvalue weighted by Gasteiger charge is 2.24. The lowest BCUT2D eigenvalue weighted by molar-refractivity contribution is 0.300. The Morgan fingerprint density at radius 1 is 1.22 bits per heavy atom. The summed E-state index contributed by atoms with van der Waals surface area (Å²) in [5.41, 5.74) is 9.03. The van der Waals surface area contributed by atoms with E-state index in [4.69, 9.17) is 10.5 Å². The Kier molecular flexibility index (Phi) is 5.77. The van der Waals surface area contributed by atoms with E-state index in [-0.39, 0.29) is 5.41 Å². The highest BCUT2D eigenvalue weighted by Crippen LogP contribution is 2.24. The molecule has 0 atom stereocenters. The number of aromatic nitrogens is 3. The molecule has 0 saturated heterocycles. The van der Waals surface area contributed by atoms with Crippen LogP contribution in [0.5, 0.6) is 5.75 Å². The number of unbranched alkanes of at least 4 members (excludes halogenated alkanes) is 1. The molecule has 0 aliphatic rings. The van der Waals surface area contributed by atoms with Crippen molar-refractivity contribution >= 4 is 0 Å². The summed E-state index contributed by atoms with van der Waals surface area (Å²) < 4.78 is 7.78. The molecule has 5 nitrogen and oxygen atoms in total. The first kappa shape index (κ1) is 17.5. The predicted octanol–water partition coefficient (Wildman–Crippen LogP) is 3.20. The molecule has 126 valence electrons. The summed E-state index contributed by atoms with van der Waals surface area (Å²) in [5.74, 6) is 0.937. The number of benzene rings is 1. The van der Waals surface area contributed by atoms with Gasteiger partial charge in [0.1, 0.15) is 5.75 Å². The number of hydrogen-bond acceptors (Lipinski definition) is 4. The van der Waals surface area contributed by atoms with E-state index < -0.39 is 0 Å². The maximum Gasteiger partial charge on any atom is 0.119 e. The summed E-state index contributed by atoms with van der Waals surface area (Å²) in [5, 5.41) is 8.48. The van der Waals surface area contributed by atoms with Gasteiger partial charge in [0, 0.05) is 18.5 Å². The maximum atomic E-state index is 5.78. The Balaban J connectivity index is 1.84. The van der Waals surface area contributed by atoms with Crippen molar-refractivity contribution in [3.05, 3.63) is 41.2 Å². The molecule has 2 N–H and O–H groups in total. The van der Waals surface area contributed by atoms with Crippen molar-refractivity contribution < 1.29 is 4.74 Å². The van der Waals surface area contributed by atoms with Crippen LogP contribution in [0.1, 0.15) is 50.6 Å². The van der Waals surface area contributed by atoms with Crippen LogP contribution in [-0.2, 0) is 18.5 Å². The van der Waals surface area contributed by atoms with Gasteiger partial charge in [0.25, 0.3) is 0 Å². The van der Waals surface area contributed by atoms with Gasteiger partial charge >= 0.3 is 0 Å². The second kappa shape index (κ2) is 7.59. The lowest BCUT2D eigenvalue weighted by atomic mass is 9.90. The molecule has 0 saturated carbocycles. The zero-order valence-corrected chi connectivity index (χ0v) is 14.7. The topological polar surface area (TPSA) is 66.0 Å². The molecule has 1 aromatic heterocycles. The van der Waals surface area contributed by atoms with Gasteiger partial charge in [-0.15, -0.1) is 5.10 Å². The van der Waals surface area contributed by atoms with Crippen LogP contribution in [-0.4, -0.2) is 21.6 Å². The summed E-state index contributed by atoms with van der Waals surface area (Å²) >= 11 is 0. The number of aryl methyl sites for hydroxylation is 2. The first-order valence-electron chi connectivity index (χ1n) is 8.24. The van der Waals surface area contributed by atoms with Gasteiger partial charge in [-0.05, 0) is 37.5 Å². The van der Waals surface area contributed by atoms with E-state index in [1.54, 1.807) is 0 Å². The zero-order chi connectivity index (χ0) is 16.9. The Bertz CT molecular complexity index is 628. The monoisotopic (exact) mass is 316 g/mol. The van der Waals surface area contributed by atoms with Crippen molar-refractivity contribution in [2.45, 2.75) is 59.0 Å². The van der Waals surface area contributed by atoms with Gasteiger partial charge in [-0.1, -0.05) is 38.1 Å². The number of nitrogens with two attached hydrogens (primary N) is 1. The van der Waals surface area contributed by atoms with Crippen LogP contribution in [0, 0.1) is 6.92 Å². The van der Waals surface area contributed by atoms with Crippen molar-refractivity contribution in [3.8, 4) is 5.75 Å². The fraction of sp³-hybridized carbons (Fsp3) is 0.556. The SMILES string of the molecule is Cc1cccc(OCCCCn2nnc(CN)c2C(C)(C)C)c1. The first-order chi connectivity index (χ1) is 10.9. The van der Waals surface area contributed by atoms with Gasteiger partial charge in [0.05, 0.1) is 18.0 Å². The minimum absolute atomic E-state index is 0.00370. The highest BCUT2D eigenvalue weighted by atomic mass is 16.5. The predicted molar refractivity (Wildman–Crippen MR) is 92.5 cm³/mol. The summed E-state index contributed by atoms with van der Waals surface area (Å²) in [6.07, 6.45) is 1.98. The van der Waals surface area contributed by atoms with Crippen LogP contribution in [0.25, 0.3) is 0 Å². The number of hydrogen-bond donors (Lipinski definition) is 1. The third-order valence-corrected chi connectivity index (χ3v) is 3.73. The van der Waals surface area contributed by atoms with E-state index in [2.05, 4.69) is 50.1 Å². The van der Waals surface area contributed by atoms with Crippen LogP contribution < -0.4 is 10.5 Å². The van der Waals surface area contributed by atoms with Gasteiger partial charge < -0.3 is 10.5 Å². The Hall–Kier alpha value is -1.88. The third kappa shape index (κ3) is 4.79. The fourth-order valence-corrected chi connectivity index (χ4v) is 2.72. The van der Waals surface area contributed by atoms with E-state index in [9.17, 15) is 0 Å². The smallest absolute Gasteiger partial charge is 0.119 e. The summed E-state index contributed by atoms with van der Waals surface area (Å²) in [7, 11) is 0. The summed E-state index contributed by atoms with van der Waals surface area (Å²) in [6.45, 7) is 10.6. The molecule has 1 aromatic carbocycles. The van der Waals surface area contributed by atoms with Gasteiger partial charge in [0.15, 0.2) is 0 Å². The molecule has 0 unspecified atom stereocenters. The lowest BCUT2D eigenvalue weighted by Crippen LogP contribution is -2.21. The molecule has 0 bridgehead atoms. The normalized spacial score (nSPS) is 11.7. The van der Waals surface area contributed by atoms with E-state index in [1.807, 2.05) is 16.8 Å². The van der Waals surface area contributed by atoms with Crippen LogP contribution in [0.4, 0.5) is 0 Å². The summed E-state index contributed by atoms with van der Waals surface area (Å²) in [4.78, 5) is 0. The van der Waals surface area contributed by atoms with Crippen LogP contribution in [0.15, 0.2) is 24.3 Å². The average Bonchev–Trinajstić information content (AvgIpc) is 2.90. The Morgan fingerprint density at radius 2 is 2.00 bits per heavy atom. The van der Waals surface area contributed by atoms with Crippen LogP contribution >= 0.6 is 0 Å².